The molecule has 12 heteroatoms. The van der Waals surface area contributed by atoms with Gasteiger partial charge in [0.25, 0.3) is 5.56 Å². The second-order valence-electron chi connectivity index (χ2n) is 9.25. The molecule has 1 aliphatic rings. The molecule has 2 aromatic carbocycles. The van der Waals surface area contributed by atoms with Gasteiger partial charge in [0.15, 0.2) is 22.9 Å². The minimum absolute atomic E-state index is 0.290. The lowest BCUT2D eigenvalue weighted by Gasteiger charge is -2.25. The van der Waals surface area contributed by atoms with E-state index in [1.54, 1.807) is 51.1 Å². The Morgan fingerprint density at radius 2 is 1.90 bits per heavy atom. The maximum absolute atomic E-state index is 13.9. The van der Waals surface area contributed by atoms with Gasteiger partial charge in [0.1, 0.15) is 5.75 Å². The van der Waals surface area contributed by atoms with Crippen LogP contribution in [0.25, 0.3) is 6.08 Å². The number of hydrogen-bond acceptors (Lipinski definition) is 9. The third-order valence-corrected chi connectivity index (χ3v) is 7.76. The van der Waals surface area contributed by atoms with Crippen LogP contribution in [0.4, 0.5) is 0 Å². The summed E-state index contributed by atoms with van der Waals surface area (Å²) in [5.41, 5.74) is 1.79. The van der Waals surface area contributed by atoms with E-state index < -0.39 is 24.6 Å². The molecule has 0 fully saturated rings. The summed E-state index contributed by atoms with van der Waals surface area (Å²) in [6.07, 6.45) is 1.35. The summed E-state index contributed by atoms with van der Waals surface area (Å²) >= 11 is 3.23. The molecule has 2 heterocycles. The number of aliphatic carboxylic acids is 1. The number of rotatable bonds is 10. The van der Waals surface area contributed by atoms with Gasteiger partial charge in [0, 0.05) is 0 Å². The Kier molecular flexibility index (Phi) is 9.53. The van der Waals surface area contributed by atoms with Crippen molar-refractivity contribution in [1.29, 1.82) is 0 Å². The summed E-state index contributed by atoms with van der Waals surface area (Å²) in [4.78, 5) is 43.2. The smallest absolute Gasteiger partial charge is 0.341 e. The van der Waals surface area contributed by atoms with Crippen molar-refractivity contribution >= 4 is 51.9 Å². The predicted octanol–water partition coefficient (Wildman–Crippen LogP) is 3.66. The van der Waals surface area contributed by atoms with Crippen LogP contribution in [0.3, 0.4) is 0 Å². The normalized spacial score (nSPS) is 14.9. The van der Waals surface area contributed by atoms with Crippen molar-refractivity contribution in [2.75, 3.05) is 20.3 Å². The summed E-state index contributed by atoms with van der Waals surface area (Å²) in [7, 11) is 1.45. The molecular weight excluding hydrogens is 663 g/mol. The van der Waals surface area contributed by atoms with Gasteiger partial charge in [-0.25, -0.2) is 14.6 Å². The lowest BCUT2D eigenvalue weighted by molar-refractivity contribution is -0.143. The minimum atomic E-state index is -1.11. The molecular formula is C29H29IN2O8S. The van der Waals surface area contributed by atoms with Crippen LogP contribution in [0.5, 0.6) is 17.2 Å². The van der Waals surface area contributed by atoms with E-state index in [4.69, 9.17) is 24.1 Å². The summed E-state index contributed by atoms with van der Waals surface area (Å²) in [5.74, 6) is -0.338. The Balaban J connectivity index is 1.87. The van der Waals surface area contributed by atoms with Gasteiger partial charge in [-0.3, -0.25) is 9.36 Å². The Morgan fingerprint density at radius 3 is 2.51 bits per heavy atom. The molecule has 10 nitrogen and oxygen atoms in total. The lowest BCUT2D eigenvalue weighted by atomic mass is 9.96. The second kappa shape index (κ2) is 12.9. The molecule has 0 bridgehead atoms. The van der Waals surface area contributed by atoms with E-state index in [2.05, 4.69) is 4.99 Å². The summed E-state index contributed by atoms with van der Waals surface area (Å²) < 4.78 is 24.5. The third-order valence-electron chi connectivity index (χ3n) is 5.98. The van der Waals surface area contributed by atoms with Crippen molar-refractivity contribution in [1.82, 2.24) is 4.57 Å². The molecule has 0 amide bonds. The van der Waals surface area contributed by atoms with Crippen LogP contribution in [0.2, 0.25) is 0 Å². The van der Waals surface area contributed by atoms with Gasteiger partial charge in [-0.15, -0.1) is 0 Å². The summed E-state index contributed by atoms with van der Waals surface area (Å²) in [6, 6.07) is 9.94. The zero-order chi connectivity index (χ0) is 29.8. The molecule has 41 heavy (non-hydrogen) atoms. The first kappa shape index (κ1) is 30.3. The van der Waals surface area contributed by atoms with Crippen LogP contribution in [-0.2, 0) is 14.3 Å². The number of hydrogen-bond donors (Lipinski definition) is 1. The summed E-state index contributed by atoms with van der Waals surface area (Å²) in [6.45, 7) is 7.15. The first-order valence-electron chi connectivity index (χ1n) is 12.7. The highest BCUT2D eigenvalue weighted by atomic mass is 127. The summed E-state index contributed by atoms with van der Waals surface area (Å²) in [5, 5.41) is 8.99. The Bertz CT molecular complexity index is 1690. The van der Waals surface area contributed by atoms with Crippen LogP contribution >= 0.6 is 33.9 Å². The number of methoxy groups -OCH3 is 1. The topological polar surface area (TPSA) is 126 Å². The first-order chi connectivity index (χ1) is 19.5. The molecule has 1 atom stereocenters. The van der Waals surface area contributed by atoms with Crippen molar-refractivity contribution in [3.63, 3.8) is 0 Å². The van der Waals surface area contributed by atoms with Gasteiger partial charge in [-0.1, -0.05) is 23.5 Å². The molecule has 0 saturated heterocycles. The van der Waals surface area contributed by atoms with Crippen LogP contribution in [0.1, 0.15) is 44.9 Å². The monoisotopic (exact) mass is 692 g/mol. The van der Waals surface area contributed by atoms with E-state index in [9.17, 15) is 14.4 Å². The fourth-order valence-electron chi connectivity index (χ4n) is 4.34. The van der Waals surface area contributed by atoms with E-state index >= 15 is 0 Å². The van der Waals surface area contributed by atoms with Crippen molar-refractivity contribution in [3.05, 3.63) is 82.1 Å². The van der Waals surface area contributed by atoms with Gasteiger partial charge in [0.2, 0.25) is 0 Å². The number of thiazole rings is 1. The van der Waals surface area contributed by atoms with Crippen molar-refractivity contribution in [3.8, 4) is 17.2 Å². The zero-order valence-corrected chi connectivity index (χ0v) is 26.1. The highest BCUT2D eigenvalue weighted by Crippen LogP contribution is 2.35. The van der Waals surface area contributed by atoms with E-state index in [-0.39, 0.29) is 17.2 Å². The van der Waals surface area contributed by atoms with E-state index in [0.29, 0.717) is 53.6 Å². The number of aromatic nitrogens is 1. The van der Waals surface area contributed by atoms with Gasteiger partial charge in [0.05, 0.1) is 45.2 Å². The fraction of sp³-hybridized carbons (Fsp3) is 0.310. The number of carbonyl (C=O) groups excluding carboxylic acids is 1. The highest BCUT2D eigenvalue weighted by molar-refractivity contribution is 14.1. The van der Waals surface area contributed by atoms with E-state index in [1.807, 2.05) is 41.6 Å². The molecule has 0 unspecified atom stereocenters. The van der Waals surface area contributed by atoms with Crippen LogP contribution < -0.4 is 29.1 Å². The average Bonchev–Trinajstić information content (AvgIpc) is 3.21. The Labute approximate surface area is 253 Å². The average molecular weight is 693 g/mol. The maximum Gasteiger partial charge on any atom is 0.341 e. The molecule has 1 N–H and O–H groups in total. The largest absolute Gasteiger partial charge is 0.494 e. The second-order valence-corrected chi connectivity index (χ2v) is 11.4. The number of carboxylic acids is 1. The quantitative estimate of drug-likeness (QED) is 0.252. The molecule has 0 radical (unpaired) electrons. The van der Waals surface area contributed by atoms with E-state index in [1.165, 1.54) is 23.0 Å². The third kappa shape index (κ3) is 6.64. The zero-order valence-electron chi connectivity index (χ0n) is 23.1. The predicted molar refractivity (Wildman–Crippen MR) is 161 cm³/mol. The van der Waals surface area contributed by atoms with Gasteiger partial charge < -0.3 is 24.1 Å². The van der Waals surface area contributed by atoms with E-state index in [0.717, 1.165) is 0 Å². The van der Waals surface area contributed by atoms with Crippen LogP contribution in [0, 0.1) is 3.57 Å². The number of nitrogens with zero attached hydrogens (tertiary/aromatic N) is 2. The van der Waals surface area contributed by atoms with Crippen LogP contribution in [0.15, 0.2) is 57.5 Å². The number of esters is 1. The van der Waals surface area contributed by atoms with Gasteiger partial charge in [-0.05, 0) is 91.8 Å². The number of fused-ring (bicyclic) bond motifs is 1. The first-order valence-corrected chi connectivity index (χ1v) is 14.6. The highest BCUT2D eigenvalue weighted by Gasteiger charge is 2.33. The van der Waals surface area contributed by atoms with Crippen molar-refractivity contribution < 1.29 is 33.6 Å². The molecule has 0 aliphatic carbocycles. The number of ether oxygens (including phenoxy) is 4. The van der Waals surface area contributed by atoms with Crippen molar-refractivity contribution in [2.24, 2.45) is 4.99 Å². The number of allylic oxidation sites excluding steroid dienone is 1. The number of carbonyl (C=O) groups is 2. The van der Waals surface area contributed by atoms with Crippen LogP contribution in [-0.4, -0.2) is 48.0 Å². The molecule has 0 spiro atoms. The van der Waals surface area contributed by atoms with Gasteiger partial charge >= 0.3 is 11.9 Å². The lowest BCUT2D eigenvalue weighted by Crippen LogP contribution is -2.40. The fourth-order valence-corrected chi connectivity index (χ4v) is 6.16. The molecule has 1 aromatic heterocycles. The SMILES string of the molecule is CCOc1ccc([C@H]2C(C(=O)OC(C)C)=C(C)N=c3s/c(=C/c4cc(I)c(OCC(=O)O)c(OC)c4)c(=O)n32)cc1. The maximum atomic E-state index is 13.9. The molecule has 0 saturated carbocycles. The van der Waals surface area contributed by atoms with Crippen molar-refractivity contribution in [2.45, 2.75) is 39.8 Å². The number of halogens is 1. The Morgan fingerprint density at radius 1 is 1.20 bits per heavy atom. The molecule has 1 aliphatic heterocycles. The van der Waals surface area contributed by atoms with Gasteiger partial charge in [-0.2, -0.15) is 0 Å². The minimum Gasteiger partial charge on any atom is -0.494 e. The molecule has 3 aromatic rings. The number of carboxylic acid groups (broad SMARTS) is 1. The Hall–Kier alpha value is -3.65. The molecule has 4 rings (SSSR count). The molecule has 216 valence electrons. The standard InChI is InChI=1S/C29H29IN2O8S/c1-6-38-19-9-7-18(8-10-19)25-24(28(36)40-15(2)3)16(4)31-29-32(25)27(35)22(41-29)13-17-11-20(30)26(21(12-17)37-5)39-14-23(33)34/h7-13,15,25H,6,14H2,1-5H3,(H,33,34)/b22-13+/t25-/m0/s1. The number of benzene rings is 2.